The molecule has 0 spiro atoms. The van der Waals surface area contributed by atoms with Crippen molar-refractivity contribution in [2.75, 3.05) is 6.61 Å². The van der Waals surface area contributed by atoms with Crippen LogP contribution in [0, 0.1) is 23.3 Å². The fourth-order valence-electron chi connectivity index (χ4n) is 2.07. The van der Waals surface area contributed by atoms with Gasteiger partial charge in [-0.15, -0.1) is 0 Å². The Balaban J connectivity index is 2.78. The first kappa shape index (κ1) is 14.5. The molecule has 0 heterocycles. The van der Waals surface area contributed by atoms with E-state index in [2.05, 4.69) is 0 Å². The molecule has 0 aliphatic carbocycles. The molecule has 2 N–H and O–H groups in total. The molecule has 0 fully saturated rings. The van der Waals surface area contributed by atoms with Crippen LogP contribution in [0.3, 0.4) is 0 Å². The summed E-state index contributed by atoms with van der Waals surface area (Å²) in [6, 6.07) is 5.33. The summed E-state index contributed by atoms with van der Waals surface area (Å²) in [5.41, 5.74) is -4.87. The van der Waals surface area contributed by atoms with E-state index in [0.717, 1.165) is 36.4 Å². The average Bonchev–Trinajstić information content (AvgIpc) is 2.38. The Bertz CT molecular complexity index is 551. The third-order valence-corrected chi connectivity index (χ3v) is 2.98. The Labute approximate surface area is 111 Å². The zero-order valence-electron chi connectivity index (χ0n) is 10.1. The van der Waals surface area contributed by atoms with Crippen LogP contribution in [0.15, 0.2) is 36.4 Å². The highest BCUT2D eigenvalue weighted by molar-refractivity contribution is 5.39. The highest BCUT2D eigenvalue weighted by Gasteiger charge is 2.40. The van der Waals surface area contributed by atoms with Crippen LogP contribution < -0.4 is 0 Å². The van der Waals surface area contributed by atoms with Crippen LogP contribution >= 0.6 is 0 Å². The molecule has 6 heteroatoms. The van der Waals surface area contributed by atoms with Gasteiger partial charge in [-0.1, -0.05) is 12.1 Å². The van der Waals surface area contributed by atoms with E-state index in [1.54, 1.807) is 0 Å². The molecule has 2 aromatic rings. The van der Waals surface area contributed by atoms with E-state index >= 15 is 0 Å². The lowest BCUT2D eigenvalue weighted by atomic mass is 9.85. The molecular formula is C14H10F4O2. The van der Waals surface area contributed by atoms with Crippen LogP contribution in [0.5, 0.6) is 0 Å². The van der Waals surface area contributed by atoms with Crippen molar-refractivity contribution in [1.82, 2.24) is 0 Å². The summed E-state index contributed by atoms with van der Waals surface area (Å²) in [4.78, 5) is 0. The van der Waals surface area contributed by atoms with E-state index in [1.807, 2.05) is 0 Å². The summed E-state index contributed by atoms with van der Waals surface area (Å²) in [5, 5.41) is 19.5. The molecule has 20 heavy (non-hydrogen) atoms. The van der Waals surface area contributed by atoms with E-state index < -0.39 is 46.6 Å². The lowest BCUT2D eigenvalue weighted by Gasteiger charge is -2.28. The quantitative estimate of drug-likeness (QED) is 0.851. The van der Waals surface area contributed by atoms with Gasteiger partial charge in [0.05, 0.1) is 17.7 Å². The largest absolute Gasteiger partial charge is 0.393 e. The van der Waals surface area contributed by atoms with Crippen molar-refractivity contribution in [2.24, 2.45) is 0 Å². The number of aliphatic hydroxyl groups excluding tert-OH is 1. The van der Waals surface area contributed by atoms with Gasteiger partial charge in [-0.25, -0.2) is 17.6 Å². The summed E-state index contributed by atoms with van der Waals surface area (Å²) in [6.45, 7) is -1.29. The van der Waals surface area contributed by atoms with Crippen molar-refractivity contribution >= 4 is 0 Å². The van der Waals surface area contributed by atoms with Gasteiger partial charge >= 0.3 is 0 Å². The predicted octanol–water partition coefficient (Wildman–Crippen LogP) is 2.47. The SMILES string of the molecule is OCC(O)(c1c(F)cccc1F)c1c(F)cccc1F. The Hall–Kier alpha value is -1.92. The summed E-state index contributed by atoms with van der Waals surface area (Å²) in [5.74, 6) is -4.87. The normalized spacial score (nSPS) is 11.7. The Morgan fingerprint density at radius 2 is 1.05 bits per heavy atom. The fraction of sp³-hybridized carbons (Fsp3) is 0.143. The zero-order valence-corrected chi connectivity index (χ0v) is 10.1. The third-order valence-electron chi connectivity index (χ3n) is 2.98. The highest BCUT2D eigenvalue weighted by Crippen LogP contribution is 2.35. The average molecular weight is 286 g/mol. The predicted molar refractivity (Wildman–Crippen MR) is 62.8 cm³/mol. The molecule has 0 radical (unpaired) electrons. The smallest absolute Gasteiger partial charge is 0.149 e. The number of benzene rings is 2. The molecule has 0 saturated heterocycles. The number of aliphatic hydroxyl groups is 2. The van der Waals surface area contributed by atoms with Crippen molar-refractivity contribution in [2.45, 2.75) is 5.60 Å². The maximum absolute atomic E-state index is 13.7. The number of rotatable bonds is 3. The second-order valence-corrected chi connectivity index (χ2v) is 4.21. The van der Waals surface area contributed by atoms with E-state index in [-0.39, 0.29) is 0 Å². The van der Waals surface area contributed by atoms with Crippen LogP contribution in [-0.4, -0.2) is 16.8 Å². The van der Waals surface area contributed by atoms with Crippen LogP contribution in [0.1, 0.15) is 11.1 Å². The summed E-state index contributed by atoms with van der Waals surface area (Å²) < 4.78 is 54.9. The van der Waals surface area contributed by atoms with E-state index in [4.69, 9.17) is 0 Å². The lowest BCUT2D eigenvalue weighted by Crippen LogP contribution is -2.36. The number of halogens is 4. The monoisotopic (exact) mass is 286 g/mol. The van der Waals surface area contributed by atoms with Gasteiger partial charge in [-0.3, -0.25) is 0 Å². The third kappa shape index (κ3) is 2.17. The molecule has 0 aliphatic heterocycles. The first-order valence-electron chi connectivity index (χ1n) is 5.64. The Kier molecular flexibility index (Phi) is 3.78. The van der Waals surface area contributed by atoms with Crippen LogP contribution in [0.2, 0.25) is 0 Å². The van der Waals surface area contributed by atoms with Gasteiger partial charge in [0.1, 0.15) is 28.9 Å². The van der Waals surface area contributed by atoms with Gasteiger partial charge in [-0.05, 0) is 24.3 Å². The van der Waals surface area contributed by atoms with Gasteiger partial charge in [-0.2, -0.15) is 0 Å². The summed E-state index contributed by atoms with van der Waals surface area (Å²) >= 11 is 0. The van der Waals surface area contributed by atoms with E-state index in [0.29, 0.717) is 0 Å². The highest BCUT2D eigenvalue weighted by atomic mass is 19.1. The topological polar surface area (TPSA) is 40.5 Å². The standard InChI is InChI=1S/C14H10F4O2/c15-8-3-1-4-9(16)12(8)14(20,7-19)13-10(17)5-2-6-11(13)18/h1-6,19-20H,7H2. The van der Waals surface area contributed by atoms with Crippen LogP contribution in [0.4, 0.5) is 17.6 Å². The maximum Gasteiger partial charge on any atom is 0.149 e. The van der Waals surface area contributed by atoms with Crippen LogP contribution in [-0.2, 0) is 5.60 Å². The molecule has 106 valence electrons. The molecule has 0 amide bonds. The molecule has 0 aromatic heterocycles. The lowest BCUT2D eigenvalue weighted by molar-refractivity contribution is 0.00563. The van der Waals surface area contributed by atoms with Crippen molar-refractivity contribution in [3.8, 4) is 0 Å². The molecule has 2 nitrogen and oxygen atoms in total. The van der Waals surface area contributed by atoms with E-state index in [9.17, 15) is 27.8 Å². The van der Waals surface area contributed by atoms with Gasteiger partial charge in [0.15, 0.2) is 0 Å². The molecule has 0 aliphatic rings. The molecule has 0 unspecified atom stereocenters. The molecule has 0 atom stereocenters. The Morgan fingerprint density at radius 3 is 1.30 bits per heavy atom. The fourth-order valence-corrected chi connectivity index (χ4v) is 2.07. The molecule has 0 saturated carbocycles. The summed E-state index contributed by atoms with van der Waals surface area (Å²) in [7, 11) is 0. The maximum atomic E-state index is 13.7. The van der Waals surface area contributed by atoms with Crippen molar-refractivity contribution in [3.63, 3.8) is 0 Å². The van der Waals surface area contributed by atoms with Crippen molar-refractivity contribution < 1.29 is 27.8 Å². The van der Waals surface area contributed by atoms with Gasteiger partial charge in [0.25, 0.3) is 0 Å². The second kappa shape index (κ2) is 5.22. The minimum absolute atomic E-state index is 0.817. The second-order valence-electron chi connectivity index (χ2n) is 4.21. The van der Waals surface area contributed by atoms with Gasteiger partial charge < -0.3 is 10.2 Å². The van der Waals surface area contributed by atoms with Gasteiger partial charge in [0.2, 0.25) is 0 Å². The molecule has 2 rings (SSSR count). The number of hydrogen-bond acceptors (Lipinski definition) is 2. The Morgan fingerprint density at radius 1 is 0.750 bits per heavy atom. The minimum Gasteiger partial charge on any atom is -0.393 e. The first-order valence-corrected chi connectivity index (χ1v) is 5.64. The minimum atomic E-state index is -2.86. The molecule has 0 bridgehead atoms. The van der Waals surface area contributed by atoms with Crippen molar-refractivity contribution in [1.29, 1.82) is 0 Å². The molecule has 2 aromatic carbocycles. The number of hydrogen-bond donors (Lipinski definition) is 2. The molecular weight excluding hydrogens is 276 g/mol. The zero-order chi connectivity index (χ0) is 14.9. The van der Waals surface area contributed by atoms with E-state index in [1.165, 1.54) is 0 Å². The first-order chi connectivity index (χ1) is 9.41. The van der Waals surface area contributed by atoms with Crippen LogP contribution in [0.25, 0.3) is 0 Å². The van der Waals surface area contributed by atoms with Crippen molar-refractivity contribution in [3.05, 3.63) is 70.8 Å². The van der Waals surface area contributed by atoms with Gasteiger partial charge in [0, 0.05) is 0 Å². The summed E-state index contributed by atoms with van der Waals surface area (Å²) in [6.07, 6.45) is 0.